The van der Waals surface area contributed by atoms with Crippen LogP contribution in [0.1, 0.15) is 55.2 Å². The molecule has 9 heteroatoms. The van der Waals surface area contributed by atoms with Crippen LogP contribution in [0.25, 0.3) is 11.1 Å². The lowest BCUT2D eigenvalue weighted by Gasteiger charge is -2.35. The van der Waals surface area contributed by atoms with E-state index in [1.54, 1.807) is 17.6 Å². The van der Waals surface area contributed by atoms with Gasteiger partial charge in [-0.15, -0.1) is 11.3 Å². The molecule has 4 heterocycles. The molecular formula is C27H29ClN6OS. The summed E-state index contributed by atoms with van der Waals surface area (Å²) in [4.78, 5) is 27.6. The molecule has 2 N–H and O–H groups in total. The number of halogens is 1. The van der Waals surface area contributed by atoms with Gasteiger partial charge in [0.2, 0.25) is 0 Å². The first kappa shape index (κ1) is 24.6. The molecular weight excluding hydrogens is 492 g/mol. The number of nitrogens with one attached hydrogen (secondary N) is 2. The van der Waals surface area contributed by atoms with Crippen LogP contribution < -0.4 is 5.32 Å². The van der Waals surface area contributed by atoms with Gasteiger partial charge in [-0.1, -0.05) is 24.9 Å². The van der Waals surface area contributed by atoms with E-state index in [4.69, 9.17) is 16.6 Å². The molecule has 0 bridgehead atoms. The Bertz CT molecular complexity index is 1370. The molecule has 2 aliphatic rings. The number of amidine groups is 2. The first-order valence-electron chi connectivity index (χ1n) is 12.2. The summed E-state index contributed by atoms with van der Waals surface area (Å²) in [5, 5.41) is 13.6. The molecule has 7 nitrogen and oxygen atoms in total. The molecule has 3 aromatic rings. The van der Waals surface area contributed by atoms with Gasteiger partial charge in [0.15, 0.2) is 5.84 Å². The van der Waals surface area contributed by atoms with Gasteiger partial charge in [0.25, 0.3) is 5.91 Å². The average molecular weight is 521 g/mol. The highest BCUT2D eigenvalue weighted by Gasteiger charge is 2.31. The van der Waals surface area contributed by atoms with Crippen molar-refractivity contribution in [3.63, 3.8) is 0 Å². The van der Waals surface area contributed by atoms with E-state index in [2.05, 4.69) is 51.7 Å². The third-order valence-electron chi connectivity index (χ3n) is 6.39. The molecule has 1 atom stereocenters. The number of carbonyl (C=O) groups excluding carboxylic acids is 1. The highest BCUT2D eigenvalue weighted by atomic mass is 35.5. The van der Waals surface area contributed by atoms with Gasteiger partial charge in [-0.05, 0) is 67.0 Å². The largest absolute Gasteiger partial charge is 0.365 e. The Morgan fingerprint density at radius 3 is 2.89 bits per heavy atom. The maximum Gasteiger partial charge on any atom is 0.252 e. The van der Waals surface area contributed by atoms with E-state index in [0.29, 0.717) is 17.3 Å². The third-order valence-corrected chi connectivity index (χ3v) is 7.71. The van der Waals surface area contributed by atoms with E-state index in [0.717, 1.165) is 47.4 Å². The molecule has 1 amide bonds. The Hall–Kier alpha value is -3.10. The highest BCUT2D eigenvalue weighted by molar-refractivity contribution is 7.10. The van der Waals surface area contributed by atoms with Gasteiger partial charge in [0.1, 0.15) is 11.9 Å². The SMILES string of the molecule is CCCc1scc(-c2cn[nH]c2)c1C[C@H](N=C1NC(C)(C)Cc2cc(Cl)ccc21)C1=NC(=O)CC=N1. The number of aromatic nitrogens is 2. The summed E-state index contributed by atoms with van der Waals surface area (Å²) < 4.78 is 0. The lowest BCUT2D eigenvalue weighted by Crippen LogP contribution is -2.50. The average Bonchev–Trinajstić information content (AvgIpc) is 3.48. The number of amides is 1. The predicted octanol–water partition coefficient (Wildman–Crippen LogP) is 5.43. The maximum atomic E-state index is 12.3. The second-order valence-electron chi connectivity index (χ2n) is 9.85. The van der Waals surface area contributed by atoms with Crippen LogP contribution in [0.3, 0.4) is 0 Å². The minimum absolute atomic E-state index is 0.191. The number of thiophene rings is 1. The second kappa shape index (κ2) is 10.1. The summed E-state index contributed by atoms with van der Waals surface area (Å²) >= 11 is 8.09. The lowest BCUT2D eigenvalue weighted by atomic mass is 9.87. The van der Waals surface area contributed by atoms with Crippen molar-refractivity contribution in [1.82, 2.24) is 15.5 Å². The van der Waals surface area contributed by atoms with Crippen molar-refractivity contribution in [1.29, 1.82) is 0 Å². The Labute approximate surface area is 219 Å². The zero-order valence-electron chi connectivity index (χ0n) is 20.6. The van der Waals surface area contributed by atoms with Gasteiger partial charge in [0.05, 0.1) is 12.6 Å². The molecule has 36 heavy (non-hydrogen) atoms. The van der Waals surface area contributed by atoms with Crippen LogP contribution in [-0.4, -0.2) is 45.6 Å². The number of hydrogen-bond acceptors (Lipinski definition) is 5. The summed E-state index contributed by atoms with van der Waals surface area (Å²) in [6, 6.07) is 5.48. The molecule has 186 valence electrons. The number of aryl methyl sites for hydroxylation is 1. The Kier molecular flexibility index (Phi) is 6.90. The van der Waals surface area contributed by atoms with Crippen molar-refractivity contribution in [2.24, 2.45) is 15.0 Å². The second-order valence-corrected chi connectivity index (χ2v) is 11.3. The van der Waals surface area contributed by atoms with Gasteiger partial charge < -0.3 is 5.32 Å². The monoisotopic (exact) mass is 520 g/mol. The van der Waals surface area contributed by atoms with Gasteiger partial charge >= 0.3 is 0 Å². The number of nitrogens with zero attached hydrogens (tertiary/aromatic N) is 4. The zero-order valence-corrected chi connectivity index (χ0v) is 22.2. The number of rotatable bonds is 7. The summed E-state index contributed by atoms with van der Waals surface area (Å²) in [5.41, 5.74) is 5.35. The van der Waals surface area contributed by atoms with Crippen molar-refractivity contribution < 1.29 is 4.79 Å². The smallest absolute Gasteiger partial charge is 0.252 e. The first-order valence-corrected chi connectivity index (χ1v) is 13.5. The van der Waals surface area contributed by atoms with Crippen LogP contribution in [0.5, 0.6) is 0 Å². The normalized spacial score (nSPS) is 18.6. The summed E-state index contributed by atoms with van der Waals surface area (Å²) in [5.74, 6) is 1.03. The molecule has 0 radical (unpaired) electrons. The summed E-state index contributed by atoms with van der Waals surface area (Å²) in [7, 11) is 0. The van der Waals surface area contributed by atoms with E-state index in [1.807, 2.05) is 30.6 Å². The van der Waals surface area contributed by atoms with Gasteiger partial charge in [-0.25, -0.2) is 4.99 Å². The van der Waals surface area contributed by atoms with Gasteiger partial charge in [0, 0.05) is 45.4 Å². The van der Waals surface area contributed by atoms with E-state index >= 15 is 0 Å². The fourth-order valence-electron chi connectivity index (χ4n) is 4.80. The van der Waals surface area contributed by atoms with Crippen molar-refractivity contribution >= 4 is 46.7 Å². The van der Waals surface area contributed by atoms with E-state index in [1.165, 1.54) is 10.4 Å². The van der Waals surface area contributed by atoms with Crippen LogP contribution in [0, 0.1) is 0 Å². The standard InChI is InChI=1S/C27H29ClN6OS/c1-4-5-23-20(21(15-36-23)17-13-30-31-14-17)11-22(26-29-9-8-24(35)33-26)32-25-19-7-6-18(28)10-16(19)12-27(2,3)34-25/h6-7,9-10,13-15,22H,4-5,8,11-12H2,1-3H3,(H,30,31)(H,32,34)/t22-/m0/s1. The molecule has 0 spiro atoms. The number of carbonyl (C=O) groups is 1. The van der Waals surface area contributed by atoms with Crippen LogP contribution in [0.2, 0.25) is 5.02 Å². The fraction of sp³-hybridized carbons (Fsp3) is 0.370. The van der Waals surface area contributed by atoms with Crippen molar-refractivity contribution in [3.8, 4) is 11.1 Å². The molecule has 0 saturated heterocycles. The van der Waals surface area contributed by atoms with Crippen molar-refractivity contribution in [2.45, 2.75) is 64.5 Å². The van der Waals surface area contributed by atoms with E-state index in [-0.39, 0.29) is 17.9 Å². The first-order chi connectivity index (χ1) is 17.3. The minimum Gasteiger partial charge on any atom is -0.365 e. The van der Waals surface area contributed by atoms with E-state index < -0.39 is 6.04 Å². The Morgan fingerprint density at radius 1 is 1.28 bits per heavy atom. The topological polar surface area (TPSA) is 94.9 Å². The molecule has 0 unspecified atom stereocenters. The maximum absolute atomic E-state index is 12.3. The van der Waals surface area contributed by atoms with Gasteiger partial charge in [-0.2, -0.15) is 10.1 Å². The zero-order chi connectivity index (χ0) is 25.3. The minimum atomic E-state index is -0.429. The van der Waals surface area contributed by atoms with E-state index in [9.17, 15) is 4.79 Å². The van der Waals surface area contributed by atoms with Crippen LogP contribution in [0.4, 0.5) is 0 Å². The van der Waals surface area contributed by atoms with Crippen LogP contribution in [0.15, 0.2) is 51.0 Å². The number of fused-ring (bicyclic) bond motifs is 1. The van der Waals surface area contributed by atoms with Gasteiger partial charge in [-0.3, -0.25) is 14.9 Å². The molecule has 0 fully saturated rings. The molecule has 0 saturated carbocycles. The molecule has 2 aromatic heterocycles. The summed E-state index contributed by atoms with van der Waals surface area (Å²) in [6.07, 6.45) is 9.04. The van der Waals surface area contributed by atoms with Crippen molar-refractivity contribution in [2.75, 3.05) is 0 Å². The Morgan fingerprint density at radius 2 is 2.14 bits per heavy atom. The number of H-pyrrole nitrogens is 1. The third kappa shape index (κ3) is 5.20. The summed E-state index contributed by atoms with van der Waals surface area (Å²) in [6.45, 7) is 6.48. The van der Waals surface area contributed by atoms with Crippen LogP contribution in [-0.2, 0) is 24.1 Å². The quantitative estimate of drug-likeness (QED) is 0.435. The molecule has 1 aromatic carbocycles. The Balaban J connectivity index is 1.62. The number of aliphatic imine (C=N–C) groups is 3. The number of aromatic amines is 1. The molecule has 2 aliphatic heterocycles. The number of benzene rings is 1. The molecule has 5 rings (SSSR count). The highest BCUT2D eigenvalue weighted by Crippen LogP contribution is 2.34. The fourth-order valence-corrected chi connectivity index (χ4v) is 6.19. The number of hydrogen-bond donors (Lipinski definition) is 2. The van der Waals surface area contributed by atoms with Crippen LogP contribution >= 0.6 is 22.9 Å². The predicted molar refractivity (Wildman–Crippen MR) is 148 cm³/mol. The molecule has 0 aliphatic carbocycles. The van der Waals surface area contributed by atoms with Crippen molar-refractivity contribution in [3.05, 3.63) is 62.6 Å². The lowest BCUT2D eigenvalue weighted by molar-refractivity contribution is -0.116.